The lowest BCUT2D eigenvalue weighted by molar-refractivity contribution is -0.123. The second-order valence-electron chi connectivity index (χ2n) is 3.55. The van der Waals surface area contributed by atoms with Crippen molar-refractivity contribution in [1.29, 1.82) is 0 Å². The van der Waals surface area contributed by atoms with Crippen molar-refractivity contribution in [2.45, 2.75) is 6.42 Å². The monoisotopic (exact) mass is 348 g/mol. The summed E-state index contributed by atoms with van der Waals surface area (Å²) in [5.74, 6) is 0.635. The van der Waals surface area contributed by atoms with E-state index in [0.717, 1.165) is 22.3 Å². The fourth-order valence-electron chi connectivity index (χ4n) is 1.22. The summed E-state index contributed by atoms with van der Waals surface area (Å²) in [5.41, 5.74) is 0. The zero-order chi connectivity index (χ0) is 12.5. The Labute approximate surface area is 115 Å². The Kier molecular flexibility index (Phi) is 6.95. The first-order valence-corrected chi connectivity index (χ1v) is 6.60. The number of hydrogen-bond acceptors (Lipinski definition) is 3. The Hall–Kier alpha value is -0.820. The maximum absolute atomic E-state index is 11.4. The molecule has 1 amide bonds. The maximum Gasteiger partial charge on any atom is 0.257 e. The summed E-state index contributed by atoms with van der Waals surface area (Å²) in [6.45, 7) is 1.65. The molecule has 0 aromatic heterocycles. The highest BCUT2D eigenvalue weighted by atomic mass is 127. The van der Waals surface area contributed by atoms with Crippen LogP contribution in [0.1, 0.15) is 6.42 Å². The highest BCUT2D eigenvalue weighted by Crippen LogP contribution is 2.12. The van der Waals surface area contributed by atoms with E-state index in [0.29, 0.717) is 6.54 Å². The van der Waals surface area contributed by atoms with Crippen molar-refractivity contribution in [2.75, 3.05) is 26.7 Å². The normalized spacial score (nSPS) is 10.0. The molecule has 0 unspecified atom stereocenters. The van der Waals surface area contributed by atoms with Gasteiger partial charge in [-0.3, -0.25) is 4.79 Å². The fourth-order valence-corrected chi connectivity index (χ4v) is 1.58. The smallest absolute Gasteiger partial charge is 0.257 e. The lowest BCUT2D eigenvalue weighted by Crippen LogP contribution is -2.30. The van der Waals surface area contributed by atoms with Crippen molar-refractivity contribution in [1.82, 2.24) is 10.6 Å². The quantitative estimate of drug-likeness (QED) is 0.579. The molecule has 1 aromatic carbocycles. The third-order valence-corrected chi connectivity index (χ3v) is 2.83. The highest BCUT2D eigenvalue weighted by molar-refractivity contribution is 14.1. The molecule has 0 heterocycles. The van der Waals surface area contributed by atoms with Crippen molar-refractivity contribution in [3.8, 4) is 5.75 Å². The first-order chi connectivity index (χ1) is 8.22. The molecule has 0 bridgehead atoms. The molecule has 1 aromatic rings. The number of amides is 1. The largest absolute Gasteiger partial charge is 0.484 e. The van der Waals surface area contributed by atoms with Gasteiger partial charge in [-0.25, -0.2) is 0 Å². The van der Waals surface area contributed by atoms with E-state index in [1.807, 2.05) is 31.3 Å². The second kappa shape index (κ2) is 8.30. The highest BCUT2D eigenvalue weighted by Gasteiger charge is 2.01. The average molecular weight is 348 g/mol. The molecule has 5 heteroatoms. The maximum atomic E-state index is 11.4. The van der Waals surface area contributed by atoms with Crippen LogP contribution in [0.25, 0.3) is 0 Å². The van der Waals surface area contributed by atoms with E-state index >= 15 is 0 Å². The SMILES string of the molecule is CNCCCNC(=O)COc1ccc(I)cc1. The van der Waals surface area contributed by atoms with E-state index < -0.39 is 0 Å². The van der Waals surface area contributed by atoms with Crippen LogP contribution in [-0.4, -0.2) is 32.7 Å². The first kappa shape index (κ1) is 14.2. The summed E-state index contributed by atoms with van der Waals surface area (Å²) in [6, 6.07) is 7.60. The number of hydrogen-bond donors (Lipinski definition) is 2. The molecule has 1 rings (SSSR count). The molecule has 17 heavy (non-hydrogen) atoms. The van der Waals surface area contributed by atoms with E-state index in [1.165, 1.54) is 0 Å². The summed E-state index contributed by atoms with van der Waals surface area (Å²) < 4.78 is 6.49. The topological polar surface area (TPSA) is 50.4 Å². The molecule has 0 atom stereocenters. The summed E-state index contributed by atoms with van der Waals surface area (Å²) in [4.78, 5) is 11.4. The Morgan fingerprint density at radius 3 is 2.65 bits per heavy atom. The molecule has 0 saturated heterocycles. The van der Waals surface area contributed by atoms with Crippen LogP contribution < -0.4 is 15.4 Å². The van der Waals surface area contributed by atoms with Gasteiger partial charge in [0.25, 0.3) is 5.91 Å². The van der Waals surface area contributed by atoms with Crippen LogP contribution in [-0.2, 0) is 4.79 Å². The second-order valence-corrected chi connectivity index (χ2v) is 4.80. The van der Waals surface area contributed by atoms with E-state index in [9.17, 15) is 4.79 Å². The van der Waals surface area contributed by atoms with E-state index in [-0.39, 0.29) is 12.5 Å². The van der Waals surface area contributed by atoms with Crippen LogP contribution in [0.2, 0.25) is 0 Å². The number of ether oxygens (including phenoxy) is 1. The third kappa shape index (κ3) is 6.48. The number of carbonyl (C=O) groups excluding carboxylic acids is 1. The molecular weight excluding hydrogens is 331 g/mol. The Morgan fingerprint density at radius 1 is 1.29 bits per heavy atom. The lowest BCUT2D eigenvalue weighted by Gasteiger charge is -2.07. The van der Waals surface area contributed by atoms with Crippen molar-refractivity contribution < 1.29 is 9.53 Å². The molecule has 94 valence electrons. The van der Waals surface area contributed by atoms with Crippen molar-refractivity contribution in [3.05, 3.63) is 27.8 Å². The van der Waals surface area contributed by atoms with Gasteiger partial charge in [0.1, 0.15) is 5.75 Å². The van der Waals surface area contributed by atoms with Crippen molar-refractivity contribution >= 4 is 28.5 Å². The molecule has 0 spiro atoms. The molecule has 0 radical (unpaired) electrons. The van der Waals surface area contributed by atoms with Crippen LogP contribution in [0.15, 0.2) is 24.3 Å². The predicted molar refractivity (Wildman–Crippen MR) is 76.2 cm³/mol. The van der Waals surface area contributed by atoms with Gasteiger partial charge in [-0.15, -0.1) is 0 Å². The molecule has 2 N–H and O–H groups in total. The number of benzene rings is 1. The zero-order valence-corrected chi connectivity index (χ0v) is 12.0. The summed E-state index contributed by atoms with van der Waals surface area (Å²) in [6.07, 6.45) is 0.922. The van der Waals surface area contributed by atoms with Gasteiger partial charge in [0, 0.05) is 10.1 Å². The number of carbonyl (C=O) groups is 1. The Balaban J connectivity index is 2.17. The minimum Gasteiger partial charge on any atom is -0.484 e. The third-order valence-electron chi connectivity index (χ3n) is 2.11. The zero-order valence-electron chi connectivity index (χ0n) is 9.83. The standard InChI is InChI=1S/C12H17IN2O2/c1-14-7-2-8-15-12(16)9-17-11-5-3-10(13)4-6-11/h3-6,14H,2,7-9H2,1H3,(H,15,16). The van der Waals surface area contributed by atoms with Gasteiger partial charge in [-0.1, -0.05) is 0 Å². The average Bonchev–Trinajstić information content (AvgIpc) is 2.34. The minimum absolute atomic E-state index is 0.0696. The Morgan fingerprint density at radius 2 is 2.00 bits per heavy atom. The van der Waals surface area contributed by atoms with Gasteiger partial charge in [-0.2, -0.15) is 0 Å². The molecule has 0 fully saturated rings. The van der Waals surface area contributed by atoms with Crippen molar-refractivity contribution in [3.63, 3.8) is 0 Å². The van der Waals surface area contributed by atoms with Gasteiger partial charge < -0.3 is 15.4 Å². The fraction of sp³-hybridized carbons (Fsp3) is 0.417. The Bertz CT molecular complexity index is 341. The van der Waals surface area contributed by atoms with E-state index in [1.54, 1.807) is 0 Å². The summed E-state index contributed by atoms with van der Waals surface area (Å²) in [7, 11) is 1.89. The van der Waals surface area contributed by atoms with E-state index in [4.69, 9.17) is 4.74 Å². The molecule has 0 aliphatic carbocycles. The van der Waals surface area contributed by atoms with Gasteiger partial charge >= 0.3 is 0 Å². The molecular formula is C12H17IN2O2. The van der Waals surface area contributed by atoms with Crippen LogP contribution in [0.3, 0.4) is 0 Å². The summed E-state index contributed by atoms with van der Waals surface area (Å²) in [5, 5.41) is 5.81. The summed E-state index contributed by atoms with van der Waals surface area (Å²) >= 11 is 2.22. The molecule has 0 aliphatic rings. The van der Waals surface area contributed by atoms with Gasteiger partial charge in [0.05, 0.1) is 0 Å². The van der Waals surface area contributed by atoms with Crippen LogP contribution in [0.4, 0.5) is 0 Å². The van der Waals surface area contributed by atoms with Gasteiger partial charge in [-0.05, 0) is 66.9 Å². The van der Waals surface area contributed by atoms with Gasteiger partial charge in [0.2, 0.25) is 0 Å². The van der Waals surface area contributed by atoms with Crippen LogP contribution in [0, 0.1) is 3.57 Å². The van der Waals surface area contributed by atoms with Crippen LogP contribution >= 0.6 is 22.6 Å². The predicted octanol–water partition coefficient (Wildman–Crippen LogP) is 1.40. The number of rotatable bonds is 7. The number of halogens is 1. The molecule has 4 nitrogen and oxygen atoms in total. The van der Waals surface area contributed by atoms with Crippen LogP contribution in [0.5, 0.6) is 5.75 Å². The van der Waals surface area contributed by atoms with Crippen molar-refractivity contribution in [2.24, 2.45) is 0 Å². The lowest BCUT2D eigenvalue weighted by atomic mass is 10.3. The molecule has 0 aliphatic heterocycles. The van der Waals surface area contributed by atoms with E-state index in [2.05, 4.69) is 33.2 Å². The minimum atomic E-state index is -0.0837. The first-order valence-electron chi connectivity index (χ1n) is 5.52. The number of nitrogens with one attached hydrogen (secondary N) is 2. The molecule has 0 saturated carbocycles. The van der Waals surface area contributed by atoms with Gasteiger partial charge in [0.15, 0.2) is 6.61 Å².